The van der Waals surface area contributed by atoms with Crippen molar-refractivity contribution in [1.29, 1.82) is 0 Å². The third kappa shape index (κ3) is 4.14. The minimum atomic E-state index is 0.350. The molecular weight excluding hydrogens is 510 g/mol. The molecule has 0 fully saturated rings. The van der Waals surface area contributed by atoms with E-state index in [0.29, 0.717) is 5.75 Å². The number of hydrogen-bond acceptors (Lipinski definition) is 1. The molecule has 0 saturated heterocycles. The van der Waals surface area contributed by atoms with Crippen molar-refractivity contribution >= 4 is 66.7 Å². The summed E-state index contributed by atoms with van der Waals surface area (Å²) >= 11 is 4.67. The highest BCUT2D eigenvalue weighted by molar-refractivity contribution is 14.1. The molecule has 4 aromatic rings. The van der Waals surface area contributed by atoms with Crippen molar-refractivity contribution in [3.63, 3.8) is 0 Å². The Bertz CT molecular complexity index is 917. The fraction of sp³-hybridized carbons (Fsp3) is 0. The number of halogens is 2. The van der Waals surface area contributed by atoms with Gasteiger partial charge in [-0.3, -0.25) is 0 Å². The normalized spacial score (nSPS) is 10.3. The van der Waals surface area contributed by atoms with Crippen LogP contribution in [-0.4, -0.2) is 5.11 Å². The molecule has 0 aromatic heterocycles. The number of rotatable bonds is 0. The highest BCUT2D eigenvalue weighted by Crippen LogP contribution is 2.23. The summed E-state index contributed by atoms with van der Waals surface area (Å²) in [6.07, 6.45) is 0. The van der Waals surface area contributed by atoms with Gasteiger partial charge in [0.25, 0.3) is 0 Å². The summed E-state index contributed by atoms with van der Waals surface area (Å²) in [6.45, 7) is 0. The molecule has 1 N–H and O–H groups in total. The van der Waals surface area contributed by atoms with Crippen LogP contribution in [0.5, 0.6) is 5.75 Å². The van der Waals surface area contributed by atoms with Crippen LogP contribution in [0.15, 0.2) is 78.9 Å². The number of phenols is 1. The maximum absolute atomic E-state index is 9.37. The second kappa shape index (κ2) is 7.49. The molecule has 0 radical (unpaired) electrons. The van der Waals surface area contributed by atoms with Crippen LogP contribution >= 0.6 is 45.2 Å². The lowest BCUT2D eigenvalue weighted by molar-refractivity contribution is 0.481. The maximum atomic E-state index is 9.37. The molecule has 0 aliphatic rings. The zero-order chi connectivity index (χ0) is 16.2. The van der Waals surface area contributed by atoms with Crippen LogP contribution < -0.4 is 0 Å². The van der Waals surface area contributed by atoms with E-state index >= 15 is 0 Å². The van der Waals surface area contributed by atoms with Crippen LogP contribution in [0, 0.1) is 7.14 Å². The highest BCUT2D eigenvalue weighted by Gasteiger charge is 1.95. The number of fused-ring (bicyclic) bond motifs is 2. The van der Waals surface area contributed by atoms with Gasteiger partial charge in [0.15, 0.2) is 0 Å². The van der Waals surface area contributed by atoms with Gasteiger partial charge in [-0.05, 0) is 91.7 Å². The van der Waals surface area contributed by atoms with Crippen LogP contribution in [0.1, 0.15) is 0 Å². The van der Waals surface area contributed by atoms with Crippen molar-refractivity contribution in [1.82, 2.24) is 0 Å². The van der Waals surface area contributed by atoms with Gasteiger partial charge in [0.05, 0.1) is 0 Å². The highest BCUT2D eigenvalue weighted by atomic mass is 127. The molecule has 3 heteroatoms. The number of phenolic OH excluding ortho intramolecular Hbond substituents is 1. The van der Waals surface area contributed by atoms with Gasteiger partial charge >= 0.3 is 0 Å². The van der Waals surface area contributed by atoms with Crippen molar-refractivity contribution in [3.8, 4) is 5.75 Å². The molecule has 23 heavy (non-hydrogen) atoms. The van der Waals surface area contributed by atoms with Gasteiger partial charge in [-0.25, -0.2) is 0 Å². The Morgan fingerprint density at radius 3 is 1.74 bits per heavy atom. The van der Waals surface area contributed by atoms with Gasteiger partial charge in [0, 0.05) is 12.5 Å². The molecule has 0 amide bonds. The fourth-order valence-electron chi connectivity index (χ4n) is 2.40. The third-order valence-corrected chi connectivity index (χ3v) is 4.87. The van der Waals surface area contributed by atoms with E-state index in [2.05, 4.69) is 81.6 Å². The summed E-state index contributed by atoms with van der Waals surface area (Å²) in [5, 5.41) is 14.0. The molecule has 0 spiro atoms. The summed E-state index contributed by atoms with van der Waals surface area (Å²) in [5.74, 6) is 0.350. The molecule has 4 rings (SSSR count). The minimum absolute atomic E-state index is 0.350. The van der Waals surface area contributed by atoms with E-state index < -0.39 is 0 Å². The van der Waals surface area contributed by atoms with Gasteiger partial charge < -0.3 is 5.11 Å². The molecule has 0 saturated carbocycles. The lowest BCUT2D eigenvalue weighted by Crippen LogP contribution is -1.76. The average Bonchev–Trinajstić information content (AvgIpc) is 2.56. The Morgan fingerprint density at radius 2 is 1.13 bits per heavy atom. The van der Waals surface area contributed by atoms with Gasteiger partial charge in [-0.15, -0.1) is 0 Å². The lowest BCUT2D eigenvalue weighted by Gasteiger charge is -1.98. The lowest BCUT2D eigenvalue weighted by atomic mass is 10.1. The predicted octanol–water partition coefficient (Wildman–Crippen LogP) is 6.59. The van der Waals surface area contributed by atoms with E-state index in [0.717, 1.165) is 10.8 Å². The molecule has 114 valence electrons. The molecule has 0 atom stereocenters. The predicted molar refractivity (Wildman–Crippen MR) is 115 cm³/mol. The third-order valence-electron chi connectivity index (χ3n) is 3.53. The minimum Gasteiger partial charge on any atom is -0.507 e. The summed E-state index contributed by atoms with van der Waals surface area (Å²) in [4.78, 5) is 0. The van der Waals surface area contributed by atoms with Crippen LogP contribution in [0.2, 0.25) is 0 Å². The Balaban J connectivity index is 0.000000136. The van der Waals surface area contributed by atoms with Gasteiger partial charge in [0.2, 0.25) is 0 Å². The topological polar surface area (TPSA) is 20.2 Å². The number of benzene rings is 4. The Hall–Kier alpha value is -1.34. The number of aromatic hydroxyl groups is 1. The molecule has 0 aliphatic heterocycles. The molecule has 0 unspecified atom stereocenters. The van der Waals surface area contributed by atoms with E-state index in [9.17, 15) is 5.11 Å². The monoisotopic (exact) mass is 524 g/mol. The first-order valence-corrected chi connectivity index (χ1v) is 9.31. The number of hydrogen-bond donors (Lipinski definition) is 1. The SMILES string of the molecule is Ic1ccc2cc(I)ccc2c1.Oc1cccc2ccccc12. The molecule has 1 nitrogen and oxygen atoms in total. The van der Waals surface area contributed by atoms with Crippen LogP contribution in [0.25, 0.3) is 21.5 Å². The van der Waals surface area contributed by atoms with E-state index in [-0.39, 0.29) is 0 Å². The standard InChI is InChI=1S/C10H6I2.C10H8O/c11-9-3-1-7-5-10(12)4-2-8(7)6-9;11-10-7-3-5-8-4-1-2-6-9(8)10/h1-6H;1-7,11H. The van der Waals surface area contributed by atoms with Gasteiger partial charge in [-0.2, -0.15) is 0 Å². The summed E-state index contributed by atoms with van der Waals surface area (Å²) < 4.78 is 2.59. The fourth-order valence-corrected chi connectivity index (χ4v) is 3.43. The zero-order valence-electron chi connectivity index (χ0n) is 12.2. The summed E-state index contributed by atoms with van der Waals surface area (Å²) in [6, 6.07) is 26.3. The Morgan fingerprint density at radius 1 is 0.565 bits per heavy atom. The van der Waals surface area contributed by atoms with Crippen molar-refractivity contribution in [2.75, 3.05) is 0 Å². The molecule has 4 aromatic carbocycles. The molecule has 0 bridgehead atoms. The summed E-state index contributed by atoms with van der Waals surface area (Å²) in [5.41, 5.74) is 0. The van der Waals surface area contributed by atoms with Crippen molar-refractivity contribution in [2.45, 2.75) is 0 Å². The Labute approximate surface area is 162 Å². The van der Waals surface area contributed by atoms with Crippen molar-refractivity contribution in [3.05, 3.63) is 86.0 Å². The van der Waals surface area contributed by atoms with Gasteiger partial charge in [-0.1, -0.05) is 48.5 Å². The first-order chi connectivity index (χ1) is 11.1. The first kappa shape index (κ1) is 16.5. The summed E-state index contributed by atoms with van der Waals surface area (Å²) in [7, 11) is 0. The smallest absolute Gasteiger partial charge is 0.123 e. The zero-order valence-corrected chi connectivity index (χ0v) is 16.5. The quantitative estimate of drug-likeness (QED) is 0.258. The van der Waals surface area contributed by atoms with Crippen LogP contribution in [0.3, 0.4) is 0 Å². The second-order valence-corrected chi connectivity index (χ2v) is 7.63. The van der Waals surface area contributed by atoms with Crippen LogP contribution in [-0.2, 0) is 0 Å². The maximum Gasteiger partial charge on any atom is 0.123 e. The molecule has 0 aliphatic carbocycles. The largest absolute Gasteiger partial charge is 0.507 e. The van der Waals surface area contributed by atoms with E-state index in [4.69, 9.17) is 0 Å². The Kier molecular flexibility index (Phi) is 5.38. The second-order valence-electron chi connectivity index (χ2n) is 5.13. The molecule has 0 heterocycles. The van der Waals surface area contributed by atoms with E-state index in [1.807, 2.05) is 36.4 Å². The van der Waals surface area contributed by atoms with Crippen molar-refractivity contribution in [2.24, 2.45) is 0 Å². The van der Waals surface area contributed by atoms with E-state index in [1.165, 1.54) is 17.9 Å². The van der Waals surface area contributed by atoms with E-state index in [1.54, 1.807) is 6.07 Å². The molecular formula is C20H14I2O. The average molecular weight is 524 g/mol. The van der Waals surface area contributed by atoms with Gasteiger partial charge in [0.1, 0.15) is 5.75 Å². The van der Waals surface area contributed by atoms with Crippen LogP contribution in [0.4, 0.5) is 0 Å². The first-order valence-electron chi connectivity index (χ1n) is 7.15. The van der Waals surface area contributed by atoms with Crippen molar-refractivity contribution < 1.29 is 5.11 Å².